The van der Waals surface area contributed by atoms with Gasteiger partial charge in [-0.05, 0) is 25.1 Å². The third-order valence-corrected chi connectivity index (χ3v) is 4.40. The number of anilines is 1. The summed E-state index contributed by atoms with van der Waals surface area (Å²) in [5.74, 6) is -0.531. The molecule has 2 heterocycles. The highest BCUT2D eigenvalue weighted by Gasteiger charge is 2.15. The van der Waals surface area contributed by atoms with Crippen molar-refractivity contribution < 1.29 is 9.18 Å². The van der Waals surface area contributed by atoms with Crippen molar-refractivity contribution in [2.45, 2.75) is 13.3 Å². The number of aromatic amines is 1. The highest BCUT2D eigenvalue weighted by atomic mass is 19.1. The monoisotopic (exact) mass is 377 g/mol. The number of aromatic nitrogens is 4. The van der Waals surface area contributed by atoms with E-state index in [1.54, 1.807) is 19.1 Å². The lowest BCUT2D eigenvalue weighted by Gasteiger charge is -2.09. The third-order valence-electron chi connectivity index (χ3n) is 4.40. The van der Waals surface area contributed by atoms with Gasteiger partial charge in [0.25, 0.3) is 5.56 Å². The number of carbonyl (C=O) groups is 1. The summed E-state index contributed by atoms with van der Waals surface area (Å²) in [7, 11) is 0. The fraction of sp³-hybridized carbons (Fsp3) is 0.100. The van der Waals surface area contributed by atoms with Crippen molar-refractivity contribution in [3.8, 4) is 11.3 Å². The predicted molar refractivity (Wildman–Crippen MR) is 103 cm³/mol. The first-order valence-electron chi connectivity index (χ1n) is 8.60. The lowest BCUT2D eigenvalue weighted by molar-refractivity contribution is -0.115. The summed E-state index contributed by atoms with van der Waals surface area (Å²) < 4.78 is 15.0. The SMILES string of the molecule is Cc1c(F)cccc1NC(=O)Cc1n[nH]c(=O)c2cc(-c3ccccc3)nn12. The summed E-state index contributed by atoms with van der Waals surface area (Å²) in [4.78, 5) is 24.6. The van der Waals surface area contributed by atoms with E-state index in [0.717, 1.165) is 5.56 Å². The van der Waals surface area contributed by atoms with Crippen molar-refractivity contribution in [2.24, 2.45) is 0 Å². The molecule has 8 heteroatoms. The highest BCUT2D eigenvalue weighted by molar-refractivity contribution is 5.92. The second kappa shape index (κ2) is 7.07. The number of nitrogens with zero attached hydrogens (tertiary/aromatic N) is 3. The van der Waals surface area contributed by atoms with Gasteiger partial charge in [-0.2, -0.15) is 10.2 Å². The van der Waals surface area contributed by atoms with Gasteiger partial charge in [0.15, 0.2) is 5.82 Å². The molecule has 1 amide bonds. The van der Waals surface area contributed by atoms with Crippen molar-refractivity contribution in [2.75, 3.05) is 5.32 Å². The molecule has 2 aromatic carbocycles. The number of fused-ring (bicyclic) bond motifs is 1. The molecular formula is C20H16FN5O2. The van der Waals surface area contributed by atoms with Gasteiger partial charge in [0, 0.05) is 16.8 Å². The maximum Gasteiger partial charge on any atom is 0.290 e. The normalized spacial score (nSPS) is 10.9. The minimum atomic E-state index is -0.403. The van der Waals surface area contributed by atoms with Crippen molar-refractivity contribution >= 4 is 17.1 Å². The molecule has 7 nitrogen and oxygen atoms in total. The van der Waals surface area contributed by atoms with E-state index in [9.17, 15) is 14.0 Å². The highest BCUT2D eigenvalue weighted by Crippen LogP contribution is 2.19. The Hall–Kier alpha value is -3.81. The smallest absolute Gasteiger partial charge is 0.290 e. The molecule has 0 fully saturated rings. The summed E-state index contributed by atoms with van der Waals surface area (Å²) in [6.45, 7) is 1.58. The van der Waals surface area contributed by atoms with Crippen LogP contribution in [0.3, 0.4) is 0 Å². The van der Waals surface area contributed by atoms with Crippen LogP contribution >= 0.6 is 0 Å². The van der Waals surface area contributed by atoms with Crippen molar-refractivity contribution in [1.29, 1.82) is 0 Å². The second-order valence-corrected chi connectivity index (χ2v) is 6.30. The summed E-state index contributed by atoms with van der Waals surface area (Å²) in [5, 5.41) is 13.4. The van der Waals surface area contributed by atoms with Crippen LogP contribution in [0.25, 0.3) is 16.8 Å². The van der Waals surface area contributed by atoms with Crippen molar-refractivity contribution in [3.05, 3.63) is 82.2 Å². The number of benzene rings is 2. The summed E-state index contributed by atoms with van der Waals surface area (Å²) >= 11 is 0. The first-order valence-corrected chi connectivity index (χ1v) is 8.60. The molecule has 0 aliphatic carbocycles. The van der Waals surface area contributed by atoms with E-state index in [1.165, 1.54) is 16.6 Å². The van der Waals surface area contributed by atoms with Gasteiger partial charge in [-0.25, -0.2) is 14.0 Å². The van der Waals surface area contributed by atoms with Gasteiger partial charge < -0.3 is 5.32 Å². The summed E-state index contributed by atoms with van der Waals surface area (Å²) in [5.41, 5.74) is 2.06. The Labute approximate surface area is 158 Å². The molecule has 0 unspecified atom stereocenters. The number of carbonyl (C=O) groups excluding carboxylic acids is 1. The molecule has 28 heavy (non-hydrogen) atoms. The molecule has 2 aromatic heterocycles. The van der Waals surface area contributed by atoms with E-state index in [2.05, 4.69) is 20.6 Å². The van der Waals surface area contributed by atoms with Crippen LogP contribution in [0.2, 0.25) is 0 Å². The number of hydrogen-bond donors (Lipinski definition) is 2. The largest absolute Gasteiger partial charge is 0.325 e. The number of hydrogen-bond acceptors (Lipinski definition) is 4. The molecule has 0 spiro atoms. The van der Waals surface area contributed by atoms with E-state index >= 15 is 0 Å². The number of H-pyrrole nitrogens is 1. The molecule has 140 valence electrons. The van der Waals surface area contributed by atoms with E-state index in [0.29, 0.717) is 22.5 Å². The first-order chi connectivity index (χ1) is 13.5. The molecule has 0 atom stereocenters. The van der Waals surface area contributed by atoms with Gasteiger partial charge in [0.1, 0.15) is 11.3 Å². The quantitative estimate of drug-likeness (QED) is 0.572. The van der Waals surface area contributed by atoms with Crippen LogP contribution in [-0.2, 0) is 11.2 Å². The zero-order chi connectivity index (χ0) is 19.7. The molecule has 0 saturated heterocycles. The van der Waals surface area contributed by atoms with E-state index < -0.39 is 17.3 Å². The van der Waals surface area contributed by atoms with E-state index in [4.69, 9.17) is 0 Å². The molecule has 4 rings (SSSR count). The van der Waals surface area contributed by atoms with Crippen LogP contribution in [-0.4, -0.2) is 25.7 Å². The Kier molecular flexibility index (Phi) is 4.44. The molecule has 0 aliphatic rings. The van der Waals surface area contributed by atoms with Gasteiger partial charge >= 0.3 is 0 Å². The minimum absolute atomic E-state index is 0.140. The maximum atomic E-state index is 13.7. The Morgan fingerprint density at radius 1 is 1.18 bits per heavy atom. The van der Waals surface area contributed by atoms with Crippen LogP contribution in [0.15, 0.2) is 59.4 Å². The zero-order valence-corrected chi connectivity index (χ0v) is 14.9. The second-order valence-electron chi connectivity index (χ2n) is 6.30. The number of halogens is 1. The van der Waals surface area contributed by atoms with Crippen LogP contribution in [0.1, 0.15) is 11.4 Å². The van der Waals surface area contributed by atoms with Crippen LogP contribution in [0, 0.1) is 12.7 Å². The fourth-order valence-corrected chi connectivity index (χ4v) is 2.90. The average Bonchev–Trinajstić information content (AvgIpc) is 3.15. The van der Waals surface area contributed by atoms with Gasteiger partial charge in [-0.15, -0.1) is 0 Å². The van der Waals surface area contributed by atoms with Crippen LogP contribution in [0.5, 0.6) is 0 Å². The Bertz CT molecular complexity index is 1230. The van der Waals surface area contributed by atoms with Crippen LogP contribution < -0.4 is 10.9 Å². The standard InChI is InChI=1S/C20H16FN5O2/c1-12-14(21)8-5-9-15(12)22-19(27)11-18-23-24-20(28)17-10-16(25-26(17)18)13-6-3-2-4-7-13/h2-10H,11H2,1H3,(H,22,27)(H,24,28). The molecule has 0 radical (unpaired) electrons. The zero-order valence-electron chi connectivity index (χ0n) is 14.9. The molecule has 0 saturated carbocycles. The maximum absolute atomic E-state index is 13.7. The van der Waals surface area contributed by atoms with Crippen molar-refractivity contribution in [1.82, 2.24) is 19.8 Å². The lowest BCUT2D eigenvalue weighted by Crippen LogP contribution is -2.22. The van der Waals surface area contributed by atoms with E-state index in [1.807, 2.05) is 30.3 Å². The topological polar surface area (TPSA) is 92.1 Å². The van der Waals surface area contributed by atoms with Gasteiger partial charge in [0.2, 0.25) is 5.91 Å². The Morgan fingerprint density at radius 3 is 2.75 bits per heavy atom. The molecule has 2 N–H and O–H groups in total. The molecular weight excluding hydrogens is 361 g/mol. The van der Waals surface area contributed by atoms with Gasteiger partial charge in [-0.1, -0.05) is 36.4 Å². The average molecular weight is 377 g/mol. The molecule has 4 aromatic rings. The van der Waals surface area contributed by atoms with Gasteiger partial charge in [0.05, 0.1) is 12.1 Å². The molecule has 0 bridgehead atoms. The van der Waals surface area contributed by atoms with E-state index in [-0.39, 0.29) is 12.2 Å². The first kappa shape index (κ1) is 17.6. The fourth-order valence-electron chi connectivity index (χ4n) is 2.90. The summed E-state index contributed by atoms with van der Waals surface area (Å²) in [6.07, 6.45) is -0.140. The Morgan fingerprint density at radius 2 is 1.96 bits per heavy atom. The minimum Gasteiger partial charge on any atom is -0.325 e. The predicted octanol–water partition coefficient (Wildman–Crippen LogP) is 2.71. The lowest BCUT2D eigenvalue weighted by atomic mass is 10.1. The van der Waals surface area contributed by atoms with Gasteiger partial charge in [-0.3, -0.25) is 9.59 Å². The van der Waals surface area contributed by atoms with Crippen LogP contribution in [0.4, 0.5) is 10.1 Å². The third kappa shape index (κ3) is 3.27. The number of amides is 1. The number of rotatable bonds is 4. The molecule has 0 aliphatic heterocycles. The Balaban J connectivity index is 1.66. The number of nitrogens with one attached hydrogen (secondary N) is 2. The summed E-state index contributed by atoms with van der Waals surface area (Å²) in [6, 6.07) is 15.5. The van der Waals surface area contributed by atoms with Crippen molar-refractivity contribution in [3.63, 3.8) is 0 Å².